The summed E-state index contributed by atoms with van der Waals surface area (Å²) in [6.45, 7) is 4.12. The third kappa shape index (κ3) is 3.45. The molecule has 1 atom stereocenters. The van der Waals surface area contributed by atoms with E-state index < -0.39 is 5.97 Å². The summed E-state index contributed by atoms with van der Waals surface area (Å²) in [5.41, 5.74) is 1.08. The van der Waals surface area contributed by atoms with E-state index in [1.807, 2.05) is 6.92 Å². The molecule has 0 aliphatic rings. The molecule has 16 heavy (non-hydrogen) atoms. The SMILES string of the molecule is CSCC(C)n1c(C)cnc1SCC(=O)O. The van der Waals surface area contributed by atoms with Gasteiger partial charge in [-0.05, 0) is 20.1 Å². The first kappa shape index (κ1) is 13.4. The van der Waals surface area contributed by atoms with Crippen molar-refractivity contribution < 1.29 is 9.90 Å². The van der Waals surface area contributed by atoms with Crippen LogP contribution in [0.2, 0.25) is 0 Å². The second kappa shape index (κ2) is 6.20. The lowest BCUT2D eigenvalue weighted by Gasteiger charge is -2.16. The highest BCUT2D eigenvalue weighted by Gasteiger charge is 2.14. The van der Waals surface area contributed by atoms with Gasteiger partial charge in [-0.3, -0.25) is 4.79 Å². The van der Waals surface area contributed by atoms with E-state index >= 15 is 0 Å². The molecular formula is C10H16N2O2S2. The Kier molecular flexibility index (Phi) is 5.21. The van der Waals surface area contributed by atoms with Gasteiger partial charge >= 0.3 is 5.97 Å². The van der Waals surface area contributed by atoms with Crippen molar-refractivity contribution in [2.45, 2.75) is 25.0 Å². The van der Waals surface area contributed by atoms with E-state index in [2.05, 4.69) is 22.7 Å². The fourth-order valence-electron chi connectivity index (χ4n) is 1.51. The molecule has 0 saturated carbocycles. The van der Waals surface area contributed by atoms with E-state index in [-0.39, 0.29) is 5.75 Å². The molecule has 1 aromatic heterocycles. The lowest BCUT2D eigenvalue weighted by Crippen LogP contribution is -2.11. The van der Waals surface area contributed by atoms with Gasteiger partial charge in [0.1, 0.15) is 0 Å². The molecule has 1 heterocycles. The van der Waals surface area contributed by atoms with Crippen LogP contribution in [0.1, 0.15) is 18.7 Å². The van der Waals surface area contributed by atoms with E-state index in [1.165, 1.54) is 11.8 Å². The van der Waals surface area contributed by atoms with Crippen LogP contribution in [0.3, 0.4) is 0 Å². The Morgan fingerprint density at radius 1 is 1.69 bits per heavy atom. The summed E-state index contributed by atoms with van der Waals surface area (Å²) >= 11 is 3.05. The molecule has 0 radical (unpaired) electrons. The molecule has 0 aliphatic carbocycles. The number of aliphatic carboxylic acids is 1. The molecule has 1 rings (SSSR count). The third-order valence-electron chi connectivity index (χ3n) is 2.12. The maximum Gasteiger partial charge on any atom is 0.313 e. The number of imidazole rings is 1. The third-order valence-corrected chi connectivity index (χ3v) is 3.89. The van der Waals surface area contributed by atoms with Gasteiger partial charge in [-0.15, -0.1) is 0 Å². The van der Waals surface area contributed by atoms with E-state index in [1.54, 1.807) is 18.0 Å². The summed E-state index contributed by atoms with van der Waals surface area (Å²) < 4.78 is 2.10. The average Bonchev–Trinajstić information content (AvgIpc) is 2.57. The number of aryl methyl sites for hydroxylation is 1. The zero-order valence-corrected chi connectivity index (χ0v) is 11.3. The lowest BCUT2D eigenvalue weighted by atomic mass is 10.3. The predicted octanol–water partition coefficient (Wildman–Crippen LogP) is 2.29. The summed E-state index contributed by atoms with van der Waals surface area (Å²) in [6, 6.07) is 0.341. The summed E-state index contributed by atoms with van der Waals surface area (Å²) in [6.07, 6.45) is 3.85. The molecule has 90 valence electrons. The Morgan fingerprint density at radius 3 is 2.94 bits per heavy atom. The predicted molar refractivity (Wildman–Crippen MR) is 68.4 cm³/mol. The normalized spacial score (nSPS) is 12.7. The van der Waals surface area contributed by atoms with Crippen molar-refractivity contribution in [1.29, 1.82) is 0 Å². The van der Waals surface area contributed by atoms with Crippen LogP contribution in [0.5, 0.6) is 0 Å². The first-order valence-corrected chi connectivity index (χ1v) is 7.31. The van der Waals surface area contributed by atoms with E-state index in [0.29, 0.717) is 6.04 Å². The van der Waals surface area contributed by atoms with E-state index in [9.17, 15) is 4.79 Å². The largest absolute Gasteiger partial charge is 0.481 e. The van der Waals surface area contributed by atoms with Crippen molar-refractivity contribution in [1.82, 2.24) is 9.55 Å². The molecule has 1 unspecified atom stereocenters. The number of carboxylic acids is 1. The highest BCUT2D eigenvalue weighted by molar-refractivity contribution is 7.99. The summed E-state index contributed by atoms with van der Waals surface area (Å²) in [4.78, 5) is 14.8. The Morgan fingerprint density at radius 2 is 2.38 bits per heavy atom. The zero-order chi connectivity index (χ0) is 12.1. The van der Waals surface area contributed by atoms with E-state index in [0.717, 1.165) is 16.6 Å². The summed E-state index contributed by atoms with van der Waals surface area (Å²) in [5, 5.41) is 9.45. The van der Waals surface area contributed by atoms with Gasteiger partial charge in [0.15, 0.2) is 5.16 Å². The molecule has 1 aromatic rings. The lowest BCUT2D eigenvalue weighted by molar-refractivity contribution is -0.133. The van der Waals surface area contributed by atoms with Crippen LogP contribution >= 0.6 is 23.5 Å². The smallest absolute Gasteiger partial charge is 0.313 e. The van der Waals surface area contributed by atoms with E-state index in [4.69, 9.17) is 5.11 Å². The van der Waals surface area contributed by atoms with Gasteiger partial charge in [-0.1, -0.05) is 11.8 Å². The van der Waals surface area contributed by atoms with Gasteiger partial charge in [0.05, 0.1) is 5.75 Å². The molecule has 0 spiro atoms. The number of carbonyl (C=O) groups is 1. The standard InChI is InChI=1S/C10H16N2O2S2/c1-7-4-11-10(16-6-9(13)14)12(7)8(2)5-15-3/h4,8H,5-6H2,1-3H3,(H,13,14). The molecule has 0 amide bonds. The van der Waals surface area contributed by atoms with Crippen LogP contribution in [0.4, 0.5) is 0 Å². The van der Waals surface area contributed by atoms with Crippen LogP contribution in [0, 0.1) is 6.92 Å². The summed E-state index contributed by atoms with van der Waals surface area (Å²) in [5.74, 6) is 0.245. The minimum Gasteiger partial charge on any atom is -0.481 e. The van der Waals surface area contributed by atoms with Crippen LogP contribution < -0.4 is 0 Å². The number of rotatable bonds is 6. The van der Waals surface area contributed by atoms with Gasteiger partial charge in [0.25, 0.3) is 0 Å². The number of aromatic nitrogens is 2. The Hall–Kier alpha value is -0.620. The number of thioether (sulfide) groups is 2. The number of carboxylic acid groups (broad SMARTS) is 1. The fraction of sp³-hybridized carbons (Fsp3) is 0.600. The quantitative estimate of drug-likeness (QED) is 0.795. The van der Waals surface area contributed by atoms with Gasteiger partial charge in [-0.2, -0.15) is 11.8 Å². The minimum atomic E-state index is -0.810. The first-order valence-electron chi connectivity index (χ1n) is 4.93. The topological polar surface area (TPSA) is 55.1 Å². The van der Waals surface area contributed by atoms with Crippen LogP contribution in [0.25, 0.3) is 0 Å². The molecular weight excluding hydrogens is 244 g/mol. The Labute approximate surface area is 104 Å². The molecule has 1 N–H and O–H groups in total. The molecule has 0 aliphatic heterocycles. The maximum atomic E-state index is 10.5. The van der Waals surface area contributed by atoms with Crippen molar-refractivity contribution >= 4 is 29.5 Å². The zero-order valence-electron chi connectivity index (χ0n) is 9.64. The molecule has 0 bridgehead atoms. The number of nitrogens with zero attached hydrogens (tertiary/aromatic N) is 2. The highest BCUT2D eigenvalue weighted by atomic mass is 32.2. The molecule has 0 saturated heterocycles. The van der Waals surface area contributed by atoms with Gasteiger partial charge in [-0.25, -0.2) is 4.98 Å². The molecule has 4 nitrogen and oxygen atoms in total. The molecule has 6 heteroatoms. The van der Waals surface area contributed by atoms with Crippen LogP contribution in [0.15, 0.2) is 11.4 Å². The Bertz CT molecular complexity index is 366. The number of hydrogen-bond donors (Lipinski definition) is 1. The van der Waals surface area contributed by atoms with Crippen LogP contribution in [-0.2, 0) is 4.79 Å². The van der Waals surface area contributed by atoms with Crippen molar-refractivity contribution in [3.05, 3.63) is 11.9 Å². The van der Waals surface area contributed by atoms with Gasteiger partial charge in [0, 0.05) is 23.7 Å². The summed E-state index contributed by atoms with van der Waals surface area (Å²) in [7, 11) is 0. The Balaban J connectivity index is 2.80. The second-order valence-corrected chi connectivity index (χ2v) is 5.39. The van der Waals surface area contributed by atoms with Crippen LogP contribution in [-0.4, -0.2) is 38.4 Å². The second-order valence-electron chi connectivity index (χ2n) is 3.54. The first-order chi connectivity index (χ1) is 7.56. The molecule has 0 aromatic carbocycles. The van der Waals surface area contributed by atoms with Crippen molar-refractivity contribution in [2.75, 3.05) is 17.8 Å². The fourth-order valence-corrected chi connectivity index (χ4v) is 2.98. The van der Waals surface area contributed by atoms with Crippen molar-refractivity contribution in [3.8, 4) is 0 Å². The minimum absolute atomic E-state index is 0.0580. The van der Waals surface area contributed by atoms with Crippen molar-refractivity contribution in [3.63, 3.8) is 0 Å². The molecule has 0 fully saturated rings. The average molecular weight is 260 g/mol. The monoisotopic (exact) mass is 260 g/mol. The van der Waals surface area contributed by atoms with Crippen molar-refractivity contribution in [2.24, 2.45) is 0 Å². The van der Waals surface area contributed by atoms with Gasteiger partial charge < -0.3 is 9.67 Å². The van der Waals surface area contributed by atoms with Gasteiger partial charge in [0.2, 0.25) is 0 Å². The highest BCUT2D eigenvalue weighted by Crippen LogP contribution is 2.24. The maximum absolute atomic E-state index is 10.5. The number of hydrogen-bond acceptors (Lipinski definition) is 4.